The molecule has 0 saturated carbocycles. The van der Waals surface area contributed by atoms with Gasteiger partial charge in [-0.25, -0.2) is 4.79 Å². The number of carbonyl (C=O) groups is 1. The van der Waals surface area contributed by atoms with E-state index in [1.165, 1.54) is 0 Å². The van der Waals surface area contributed by atoms with Crippen molar-refractivity contribution in [3.63, 3.8) is 0 Å². The van der Waals surface area contributed by atoms with Crippen molar-refractivity contribution in [2.75, 3.05) is 13.7 Å². The van der Waals surface area contributed by atoms with Crippen molar-refractivity contribution in [1.29, 1.82) is 0 Å². The summed E-state index contributed by atoms with van der Waals surface area (Å²) in [5, 5.41) is 6.14. The third kappa shape index (κ3) is 5.06. The molecule has 0 radical (unpaired) electrons. The minimum atomic E-state index is -0.227. The molecule has 17 heavy (non-hydrogen) atoms. The van der Waals surface area contributed by atoms with Crippen LogP contribution in [-0.4, -0.2) is 25.8 Å². The quantitative estimate of drug-likeness (QED) is 0.848. The van der Waals surface area contributed by atoms with Gasteiger partial charge in [-0.1, -0.05) is 29.8 Å². The summed E-state index contributed by atoms with van der Waals surface area (Å²) in [7, 11) is 1.60. The number of rotatable bonds is 5. The van der Waals surface area contributed by atoms with E-state index in [0.717, 1.165) is 5.56 Å². The van der Waals surface area contributed by atoms with Crippen LogP contribution in [0.1, 0.15) is 12.5 Å². The van der Waals surface area contributed by atoms with Crippen molar-refractivity contribution < 1.29 is 9.53 Å². The molecule has 1 aromatic carbocycles. The lowest BCUT2D eigenvalue weighted by molar-refractivity contribution is 0.171. The van der Waals surface area contributed by atoms with Crippen molar-refractivity contribution >= 4 is 17.6 Å². The zero-order valence-corrected chi connectivity index (χ0v) is 10.8. The monoisotopic (exact) mass is 256 g/mol. The lowest BCUT2D eigenvalue weighted by Gasteiger charge is -2.13. The van der Waals surface area contributed by atoms with Crippen LogP contribution >= 0.6 is 11.6 Å². The number of carbonyl (C=O) groups excluding carboxylic acids is 1. The van der Waals surface area contributed by atoms with Crippen molar-refractivity contribution in [1.82, 2.24) is 10.6 Å². The van der Waals surface area contributed by atoms with E-state index in [9.17, 15) is 4.79 Å². The molecule has 0 aliphatic heterocycles. The Kier molecular flexibility index (Phi) is 5.80. The van der Waals surface area contributed by atoms with Gasteiger partial charge in [0.15, 0.2) is 0 Å². The van der Waals surface area contributed by atoms with Crippen LogP contribution in [0.5, 0.6) is 0 Å². The molecule has 4 nitrogen and oxygen atoms in total. The summed E-state index contributed by atoms with van der Waals surface area (Å²) in [6.45, 7) is 2.77. The van der Waals surface area contributed by atoms with E-state index in [1.54, 1.807) is 13.2 Å². The number of urea groups is 1. The third-order valence-electron chi connectivity index (χ3n) is 2.19. The minimum absolute atomic E-state index is 0.0220. The summed E-state index contributed by atoms with van der Waals surface area (Å²) in [4.78, 5) is 11.5. The second-order valence-electron chi connectivity index (χ2n) is 3.77. The maximum atomic E-state index is 11.5. The smallest absolute Gasteiger partial charge is 0.315 e. The van der Waals surface area contributed by atoms with Gasteiger partial charge in [0.25, 0.3) is 0 Å². The molecule has 0 spiro atoms. The number of halogens is 1. The fraction of sp³-hybridized carbons (Fsp3) is 0.417. The normalized spacial score (nSPS) is 11.9. The largest absolute Gasteiger partial charge is 0.383 e. The molecular weight excluding hydrogens is 240 g/mol. The Morgan fingerprint density at radius 3 is 2.82 bits per heavy atom. The highest BCUT2D eigenvalue weighted by Crippen LogP contribution is 2.14. The molecule has 0 heterocycles. The predicted molar refractivity (Wildman–Crippen MR) is 68.2 cm³/mol. The van der Waals surface area contributed by atoms with Gasteiger partial charge in [-0.3, -0.25) is 0 Å². The van der Waals surface area contributed by atoms with E-state index >= 15 is 0 Å². The molecule has 94 valence electrons. The molecule has 0 fully saturated rings. The van der Waals surface area contributed by atoms with Gasteiger partial charge in [-0.2, -0.15) is 0 Å². The topological polar surface area (TPSA) is 50.4 Å². The number of amides is 2. The standard InChI is InChI=1S/C12H17ClN2O2/c1-9(8-17-2)15-12(16)14-7-10-5-3-4-6-11(10)13/h3-6,9H,7-8H2,1-2H3,(H2,14,15,16). The summed E-state index contributed by atoms with van der Waals surface area (Å²) < 4.78 is 4.92. The molecular formula is C12H17ClN2O2. The summed E-state index contributed by atoms with van der Waals surface area (Å²) in [6, 6.07) is 7.16. The lowest BCUT2D eigenvalue weighted by Crippen LogP contribution is -2.42. The molecule has 0 bridgehead atoms. The molecule has 0 aromatic heterocycles. The first kappa shape index (κ1) is 13.8. The number of methoxy groups -OCH3 is 1. The zero-order chi connectivity index (χ0) is 12.7. The number of benzene rings is 1. The number of ether oxygens (including phenoxy) is 1. The van der Waals surface area contributed by atoms with E-state index in [-0.39, 0.29) is 12.1 Å². The van der Waals surface area contributed by atoms with Crippen LogP contribution in [-0.2, 0) is 11.3 Å². The van der Waals surface area contributed by atoms with E-state index in [2.05, 4.69) is 10.6 Å². The van der Waals surface area contributed by atoms with Crippen LogP contribution in [0.15, 0.2) is 24.3 Å². The molecule has 0 aliphatic carbocycles. The number of hydrogen-bond acceptors (Lipinski definition) is 2. The molecule has 0 saturated heterocycles. The molecule has 2 N–H and O–H groups in total. The Bertz CT molecular complexity index is 371. The summed E-state index contributed by atoms with van der Waals surface area (Å²) in [6.07, 6.45) is 0. The first-order chi connectivity index (χ1) is 8.13. The average molecular weight is 257 g/mol. The molecule has 2 amide bonds. The van der Waals surface area contributed by atoms with Gasteiger partial charge in [0.1, 0.15) is 0 Å². The highest BCUT2D eigenvalue weighted by molar-refractivity contribution is 6.31. The van der Waals surface area contributed by atoms with E-state index in [1.807, 2.05) is 25.1 Å². The Morgan fingerprint density at radius 2 is 2.18 bits per heavy atom. The average Bonchev–Trinajstić information content (AvgIpc) is 2.28. The van der Waals surface area contributed by atoms with Gasteiger partial charge >= 0.3 is 6.03 Å². The summed E-state index contributed by atoms with van der Waals surface area (Å²) in [5.41, 5.74) is 0.892. The Morgan fingerprint density at radius 1 is 1.47 bits per heavy atom. The Labute approximate surface area is 106 Å². The first-order valence-electron chi connectivity index (χ1n) is 5.40. The SMILES string of the molecule is COCC(C)NC(=O)NCc1ccccc1Cl. The summed E-state index contributed by atoms with van der Waals surface area (Å²) in [5.74, 6) is 0. The Balaban J connectivity index is 2.36. The molecule has 1 aromatic rings. The number of nitrogens with one attached hydrogen (secondary N) is 2. The maximum Gasteiger partial charge on any atom is 0.315 e. The van der Waals surface area contributed by atoms with Crippen LogP contribution in [0.2, 0.25) is 5.02 Å². The number of hydrogen-bond donors (Lipinski definition) is 2. The van der Waals surface area contributed by atoms with Gasteiger partial charge in [0.2, 0.25) is 0 Å². The van der Waals surface area contributed by atoms with Gasteiger partial charge in [0, 0.05) is 18.7 Å². The zero-order valence-electron chi connectivity index (χ0n) is 10.00. The minimum Gasteiger partial charge on any atom is -0.383 e. The highest BCUT2D eigenvalue weighted by Gasteiger charge is 2.06. The van der Waals surface area contributed by atoms with Gasteiger partial charge in [-0.15, -0.1) is 0 Å². The second-order valence-corrected chi connectivity index (χ2v) is 4.18. The van der Waals surface area contributed by atoms with Gasteiger partial charge < -0.3 is 15.4 Å². The van der Waals surface area contributed by atoms with Crippen LogP contribution in [0.25, 0.3) is 0 Å². The first-order valence-corrected chi connectivity index (χ1v) is 5.78. The third-order valence-corrected chi connectivity index (χ3v) is 2.56. The predicted octanol–water partition coefficient (Wildman–Crippen LogP) is 2.17. The van der Waals surface area contributed by atoms with Crippen molar-refractivity contribution in [3.05, 3.63) is 34.9 Å². The van der Waals surface area contributed by atoms with E-state index < -0.39 is 0 Å². The molecule has 5 heteroatoms. The lowest BCUT2D eigenvalue weighted by atomic mass is 10.2. The Hall–Kier alpha value is -1.26. The second kappa shape index (κ2) is 7.14. The summed E-state index contributed by atoms with van der Waals surface area (Å²) >= 11 is 5.97. The molecule has 1 rings (SSSR count). The maximum absolute atomic E-state index is 11.5. The van der Waals surface area contributed by atoms with E-state index in [4.69, 9.17) is 16.3 Å². The fourth-order valence-corrected chi connectivity index (χ4v) is 1.59. The van der Waals surface area contributed by atoms with Crippen molar-refractivity contribution in [3.8, 4) is 0 Å². The van der Waals surface area contributed by atoms with Gasteiger partial charge in [0.05, 0.1) is 12.6 Å². The van der Waals surface area contributed by atoms with Crippen molar-refractivity contribution in [2.24, 2.45) is 0 Å². The molecule has 1 unspecified atom stereocenters. The van der Waals surface area contributed by atoms with Gasteiger partial charge in [-0.05, 0) is 18.6 Å². The highest BCUT2D eigenvalue weighted by atomic mass is 35.5. The molecule has 1 atom stereocenters. The van der Waals surface area contributed by atoms with Crippen LogP contribution in [0.4, 0.5) is 4.79 Å². The molecule has 0 aliphatic rings. The van der Waals surface area contributed by atoms with Crippen LogP contribution in [0, 0.1) is 0 Å². The van der Waals surface area contributed by atoms with Crippen LogP contribution < -0.4 is 10.6 Å². The van der Waals surface area contributed by atoms with Crippen molar-refractivity contribution in [2.45, 2.75) is 19.5 Å². The fourth-order valence-electron chi connectivity index (χ4n) is 1.38. The van der Waals surface area contributed by atoms with Crippen LogP contribution in [0.3, 0.4) is 0 Å². The van der Waals surface area contributed by atoms with E-state index in [0.29, 0.717) is 18.2 Å².